The van der Waals surface area contributed by atoms with Crippen molar-refractivity contribution < 1.29 is 9.53 Å². The molecule has 7 nitrogen and oxygen atoms in total. The number of alkyl carbamates (subject to hydrolysis) is 1. The third-order valence-corrected chi connectivity index (χ3v) is 3.68. The zero-order chi connectivity index (χ0) is 15.9. The zero-order valence-corrected chi connectivity index (χ0v) is 13.1. The first-order valence-corrected chi connectivity index (χ1v) is 7.41. The molecule has 0 radical (unpaired) electrons. The molecule has 22 heavy (non-hydrogen) atoms. The van der Waals surface area contributed by atoms with Gasteiger partial charge in [-0.05, 0) is 39.7 Å². The van der Waals surface area contributed by atoms with Crippen LogP contribution in [0.5, 0.6) is 0 Å². The number of hydrogen-bond acceptors (Lipinski definition) is 5. The maximum atomic E-state index is 11.9. The number of aromatic nitrogens is 3. The van der Waals surface area contributed by atoms with Crippen LogP contribution in [-0.4, -0.2) is 32.3 Å². The molecule has 118 valence electrons. The largest absolute Gasteiger partial charge is 0.444 e. The van der Waals surface area contributed by atoms with E-state index >= 15 is 0 Å². The molecular formula is C15H21N5O2. The number of hydrogen-bond donors (Lipinski definition) is 2. The van der Waals surface area contributed by atoms with Gasteiger partial charge in [-0.25, -0.2) is 14.8 Å². The van der Waals surface area contributed by atoms with Crippen LogP contribution in [-0.2, 0) is 17.7 Å². The smallest absolute Gasteiger partial charge is 0.407 e. The molecule has 1 aliphatic heterocycles. The highest BCUT2D eigenvalue weighted by atomic mass is 16.6. The maximum Gasteiger partial charge on any atom is 0.407 e. The summed E-state index contributed by atoms with van der Waals surface area (Å²) in [4.78, 5) is 20.2. The Hall–Kier alpha value is -2.31. The van der Waals surface area contributed by atoms with Gasteiger partial charge in [0.15, 0.2) is 0 Å². The Morgan fingerprint density at radius 3 is 2.95 bits per heavy atom. The second-order valence-electron chi connectivity index (χ2n) is 6.62. The number of nitrogens with zero attached hydrogens (tertiary/aromatic N) is 3. The minimum atomic E-state index is -0.494. The van der Waals surface area contributed by atoms with Crippen LogP contribution in [0.1, 0.15) is 32.9 Å². The average molecular weight is 303 g/mol. The Morgan fingerprint density at radius 1 is 1.45 bits per heavy atom. The van der Waals surface area contributed by atoms with E-state index in [2.05, 4.69) is 19.9 Å². The monoisotopic (exact) mass is 303 g/mol. The van der Waals surface area contributed by atoms with Crippen LogP contribution in [0.4, 0.5) is 10.6 Å². The van der Waals surface area contributed by atoms with Gasteiger partial charge in [0.25, 0.3) is 0 Å². The summed E-state index contributed by atoms with van der Waals surface area (Å²) in [5.74, 6) is 0.489. The van der Waals surface area contributed by atoms with Crippen molar-refractivity contribution in [2.45, 2.75) is 51.8 Å². The first kappa shape index (κ1) is 14.6. The highest BCUT2D eigenvalue weighted by molar-refractivity contribution is 5.87. The molecule has 2 aromatic rings. The van der Waals surface area contributed by atoms with Crippen LogP contribution in [0, 0.1) is 0 Å². The number of fused-ring (bicyclic) bond motifs is 3. The molecule has 0 bridgehead atoms. The summed E-state index contributed by atoms with van der Waals surface area (Å²) in [5, 5.41) is 3.80. The summed E-state index contributed by atoms with van der Waals surface area (Å²) in [6.45, 7) is 6.22. The lowest BCUT2D eigenvalue weighted by Crippen LogP contribution is -2.43. The predicted octanol–water partition coefficient (Wildman–Crippen LogP) is 1.85. The molecule has 7 heteroatoms. The summed E-state index contributed by atoms with van der Waals surface area (Å²) in [6.07, 6.45) is 2.81. The fraction of sp³-hybridized carbons (Fsp3) is 0.533. The van der Waals surface area contributed by atoms with E-state index in [4.69, 9.17) is 10.5 Å². The van der Waals surface area contributed by atoms with Crippen molar-refractivity contribution in [1.82, 2.24) is 19.9 Å². The quantitative estimate of drug-likeness (QED) is 0.838. The molecule has 0 aliphatic carbocycles. The minimum absolute atomic E-state index is 0.0224. The van der Waals surface area contributed by atoms with Crippen LogP contribution in [0.25, 0.3) is 11.0 Å². The molecule has 1 aliphatic rings. The summed E-state index contributed by atoms with van der Waals surface area (Å²) in [6, 6.07) is 2.06. The molecule has 0 saturated heterocycles. The normalized spacial score (nSPS) is 18.0. The second kappa shape index (κ2) is 5.15. The first-order chi connectivity index (χ1) is 10.3. The van der Waals surface area contributed by atoms with E-state index in [1.54, 1.807) is 0 Å². The van der Waals surface area contributed by atoms with Crippen molar-refractivity contribution in [2.24, 2.45) is 0 Å². The Kier molecular flexibility index (Phi) is 3.42. The zero-order valence-electron chi connectivity index (χ0n) is 13.1. The number of ether oxygens (including phenoxy) is 1. The summed E-state index contributed by atoms with van der Waals surface area (Å²) < 4.78 is 7.41. The van der Waals surface area contributed by atoms with Gasteiger partial charge in [-0.2, -0.15) is 0 Å². The number of aryl methyl sites for hydroxylation is 1. The topological polar surface area (TPSA) is 95.1 Å². The lowest BCUT2D eigenvalue weighted by atomic mass is 10.1. The van der Waals surface area contributed by atoms with E-state index in [1.165, 1.54) is 12.0 Å². The van der Waals surface area contributed by atoms with Crippen molar-refractivity contribution in [3.8, 4) is 0 Å². The number of nitrogens with two attached hydrogens (primary N) is 1. The predicted molar refractivity (Wildman–Crippen MR) is 83.4 cm³/mol. The van der Waals surface area contributed by atoms with Gasteiger partial charge in [0.2, 0.25) is 0 Å². The van der Waals surface area contributed by atoms with Gasteiger partial charge in [-0.1, -0.05) is 0 Å². The molecule has 0 aromatic carbocycles. The SMILES string of the molecule is CC(C)(C)OC(=O)N[C@H]1CCc2cc3c(N)ncnc3n2C1. The minimum Gasteiger partial charge on any atom is -0.444 e. The number of rotatable bonds is 1. The number of nitrogen functional groups attached to an aromatic ring is 1. The third kappa shape index (κ3) is 2.84. The number of carbonyl (C=O) groups is 1. The van der Waals surface area contributed by atoms with E-state index in [1.807, 2.05) is 26.8 Å². The first-order valence-electron chi connectivity index (χ1n) is 7.41. The van der Waals surface area contributed by atoms with E-state index in [0.717, 1.165) is 23.9 Å². The fourth-order valence-electron chi connectivity index (χ4n) is 2.77. The van der Waals surface area contributed by atoms with Crippen LogP contribution in [0.15, 0.2) is 12.4 Å². The summed E-state index contributed by atoms with van der Waals surface area (Å²) >= 11 is 0. The lowest BCUT2D eigenvalue weighted by Gasteiger charge is -2.27. The van der Waals surface area contributed by atoms with Gasteiger partial charge in [0.05, 0.1) is 11.4 Å². The molecule has 1 atom stereocenters. The molecule has 3 heterocycles. The molecule has 0 spiro atoms. The maximum absolute atomic E-state index is 11.9. The molecule has 1 amide bonds. The average Bonchev–Trinajstić information content (AvgIpc) is 2.76. The number of amides is 1. The van der Waals surface area contributed by atoms with Gasteiger partial charge in [-0.3, -0.25) is 0 Å². The van der Waals surface area contributed by atoms with Crippen LogP contribution < -0.4 is 11.1 Å². The fourth-order valence-corrected chi connectivity index (χ4v) is 2.77. The standard InChI is InChI=1S/C15H21N5O2/c1-15(2,3)22-14(21)19-9-4-5-10-6-11-12(16)17-8-18-13(11)20(10)7-9/h6,8-9H,4-5,7H2,1-3H3,(H,19,21)(H2,16,17,18)/t9-/m0/s1. The van der Waals surface area contributed by atoms with Gasteiger partial charge in [0, 0.05) is 12.2 Å². The Bertz CT molecular complexity index is 717. The number of carbonyl (C=O) groups excluding carboxylic acids is 1. The van der Waals surface area contributed by atoms with Crippen molar-refractivity contribution in [2.75, 3.05) is 5.73 Å². The van der Waals surface area contributed by atoms with Gasteiger partial charge in [0.1, 0.15) is 23.4 Å². The van der Waals surface area contributed by atoms with Gasteiger partial charge in [-0.15, -0.1) is 0 Å². The Labute approximate surface area is 128 Å². The van der Waals surface area contributed by atoms with Crippen molar-refractivity contribution in [3.05, 3.63) is 18.1 Å². The molecule has 0 fully saturated rings. The molecule has 0 saturated carbocycles. The summed E-state index contributed by atoms with van der Waals surface area (Å²) in [5.41, 5.74) is 7.39. The highest BCUT2D eigenvalue weighted by Gasteiger charge is 2.25. The lowest BCUT2D eigenvalue weighted by molar-refractivity contribution is 0.0493. The van der Waals surface area contributed by atoms with Gasteiger partial charge >= 0.3 is 6.09 Å². The van der Waals surface area contributed by atoms with E-state index < -0.39 is 5.60 Å². The van der Waals surface area contributed by atoms with E-state index in [9.17, 15) is 4.79 Å². The van der Waals surface area contributed by atoms with Crippen LogP contribution in [0.2, 0.25) is 0 Å². The highest BCUT2D eigenvalue weighted by Crippen LogP contribution is 2.26. The molecule has 0 unspecified atom stereocenters. The van der Waals surface area contributed by atoms with E-state index in [-0.39, 0.29) is 12.1 Å². The number of nitrogens with one attached hydrogen (secondary N) is 1. The molecule has 3 N–H and O–H groups in total. The van der Waals surface area contributed by atoms with Crippen molar-refractivity contribution in [3.63, 3.8) is 0 Å². The number of anilines is 1. The van der Waals surface area contributed by atoms with Crippen molar-refractivity contribution >= 4 is 22.9 Å². The molecule has 2 aromatic heterocycles. The van der Waals surface area contributed by atoms with Crippen molar-refractivity contribution in [1.29, 1.82) is 0 Å². The Morgan fingerprint density at radius 2 is 2.23 bits per heavy atom. The van der Waals surface area contributed by atoms with Crippen LogP contribution in [0.3, 0.4) is 0 Å². The molecule has 3 rings (SSSR count). The van der Waals surface area contributed by atoms with Crippen LogP contribution >= 0.6 is 0 Å². The summed E-state index contributed by atoms with van der Waals surface area (Å²) in [7, 11) is 0. The third-order valence-electron chi connectivity index (χ3n) is 3.68. The van der Waals surface area contributed by atoms with Gasteiger partial charge < -0.3 is 20.4 Å². The van der Waals surface area contributed by atoms with E-state index in [0.29, 0.717) is 12.4 Å². The second-order valence-corrected chi connectivity index (χ2v) is 6.62. The Balaban J connectivity index is 1.78. The molecular weight excluding hydrogens is 282 g/mol.